The molecule has 0 saturated heterocycles. The molecule has 4 atom stereocenters. The van der Waals surface area contributed by atoms with E-state index in [2.05, 4.69) is 20.9 Å². The summed E-state index contributed by atoms with van der Waals surface area (Å²) in [7, 11) is 1.70. The van der Waals surface area contributed by atoms with E-state index in [9.17, 15) is 14.4 Å². The molecule has 1 aromatic carbocycles. The average Bonchev–Trinajstić information content (AvgIpc) is 3.22. The Kier molecular flexibility index (Phi) is 10.2. The predicted molar refractivity (Wildman–Crippen MR) is 140 cm³/mol. The van der Waals surface area contributed by atoms with Crippen LogP contribution in [-0.2, 0) is 20.8 Å². The molecule has 0 radical (unpaired) electrons. The standard InChI is InChI=1S/C26H35N5O3.ClH/c1-16(2)22(30-25(33)18(4)27-5)26(34)31-21(14-20-12-9-13-28-23(20)31)15-29-24(32)17(3)19-10-7-6-8-11-19;/h6-13,16-18,21-22,27H,14-15H2,1-5H3,(H,29,32)(H,30,33);1H/t17-,18-,21-,22?;/m0./s1. The monoisotopic (exact) mass is 501 g/mol. The van der Waals surface area contributed by atoms with Gasteiger partial charge in [0.25, 0.3) is 5.91 Å². The zero-order chi connectivity index (χ0) is 24.8. The molecule has 0 fully saturated rings. The van der Waals surface area contributed by atoms with E-state index in [0.717, 1.165) is 11.1 Å². The van der Waals surface area contributed by atoms with Crippen molar-refractivity contribution in [2.45, 2.75) is 58.2 Å². The van der Waals surface area contributed by atoms with E-state index >= 15 is 0 Å². The first-order valence-electron chi connectivity index (χ1n) is 11.8. The molecule has 1 aliphatic rings. The van der Waals surface area contributed by atoms with E-state index < -0.39 is 12.1 Å². The van der Waals surface area contributed by atoms with Crippen LogP contribution < -0.4 is 20.9 Å². The normalized spacial score (nSPS) is 17.1. The molecule has 190 valence electrons. The summed E-state index contributed by atoms with van der Waals surface area (Å²) in [5.41, 5.74) is 1.88. The number of fused-ring (bicyclic) bond motifs is 1. The molecule has 1 unspecified atom stereocenters. The summed E-state index contributed by atoms with van der Waals surface area (Å²) in [5.74, 6) is -0.404. The van der Waals surface area contributed by atoms with Gasteiger partial charge in [-0.25, -0.2) is 4.98 Å². The van der Waals surface area contributed by atoms with E-state index in [1.165, 1.54) is 0 Å². The minimum absolute atomic E-state index is 0. The van der Waals surface area contributed by atoms with Crippen LogP contribution in [0.1, 0.15) is 44.7 Å². The van der Waals surface area contributed by atoms with Crippen LogP contribution in [0.3, 0.4) is 0 Å². The van der Waals surface area contributed by atoms with E-state index in [1.54, 1.807) is 25.1 Å². The summed E-state index contributed by atoms with van der Waals surface area (Å²) in [6, 6.07) is 12.0. The molecule has 8 nitrogen and oxygen atoms in total. The summed E-state index contributed by atoms with van der Waals surface area (Å²) in [5, 5.41) is 8.81. The van der Waals surface area contributed by atoms with Gasteiger partial charge < -0.3 is 16.0 Å². The van der Waals surface area contributed by atoms with Crippen LogP contribution in [0.4, 0.5) is 5.82 Å². The molecule has 9 heteroatoms. The molecular weight excluding hydrogens is 466 g/mol. The minimum Gasteiger partial charge on any atom is -0.353 e. The summed E-state index contributed by atoms with van der Waals surface area (Å²) in [6.45, 7) is 7.72. The number of aromatic nitrogens is 1. The van der Waals surface area contributed by atoms with Gasteiger partial charge in [0.1, 0.15) is 11.9 Å². The van der Waals surface area contributed by atoms with Crippen molar-refractivity contribution in [1.82, 2.24) is 20.9 Å². The molecule has 0 aliphatic carbocycles. The van der Waals surface area contributed by atoms with Crippen LogP contribution in [-0.4, -0.2) is 54.4 Å². The highest BCUT2D eigenvalue weighted by atomic mass is 35.5. The highest BCUT2D eigenvalue weighted by Crippen LogP contribution is 2.31. The first kappa shape index (κ1) is 28.3. The Balaban J connectivity index is 0.00000432. The van der Waals surface area contributed by atoms with E-state index in [0.29, 0.717) is 18.8 Å². The number of benzene rings is 1. The lowest BCUT2D eigenvalue weighted by Gasteiger charge is -2.31. The van der Waals surface area contributed by atoms with Crippen LogP contribution >= 0.6 is 12.4 Å². The number of likely N-dealkylation sites (N-methyl/N-ethyl adjacent to an activating group) is 1. The first-order chi connectivity index (χ1) is 16.2. The molecule has 2 heterocycles. The van der Waals surface area contributed by atoms with Gasteiger partial charge in [0.15, 0.2) is 0 Å². The molecule has 3 amide bonds. The van der Waals surface area contributed by atoms with Crippen molar-refractivity contribution in [1.29, 1.82) is 0 Å². The van der Waals surface area contributed by atoms with E-state index in [-0.39, 0.29) is 48.0 Å². The fourth-order valence-electron chi connectivity index (χ4n) is 4.11. The highest BCUT2D eigenvalue weighted by molar-refractivity contribution is 6.01. The van der Waals surface area contributed by atoms with Gasteiger partial charge in [0.05, 0.1) is 18.0 Å². The highest BCUT2D eigenvalue weighted by Gasteiger charge is 2.40. The lowest BCUT2D eigenvalue weighted by atomic mass is 10.00. The Morgan fingerprint density at radius 3 is 2.34 bits per heavy atom. The Morgan fingerprint density at radius 2 is 1.71 bits per heavy atom. The lowest BCUT2D eigenvalue weighted by Crippen LogP contribution is -2.57. The third-order valence-electron chi connectivity index (χ3n) is 6.42. The summed E-state index contributed by atoms with van der Waals surface area (Å²) < 4.78 is 0. The molecule has 0 spiro atoms. The Hall–Kier alpha value is -2.97. The number of amides is 3. The number of rotatable bonds is 9. The topological polar surface area (TPSA) is 103 Å². The Bertz CT molecular complexity index is 1020. The smallest absolute Gasteiger partial charge is 0.251 e. The van der Waals surface area contributed by atoms with Crippen molar-refractivity contribution < 1.29 is 14.4 Å². The number of halogens is 1. The maximum absolute atomic E-state index is 13.7. The van der Waals surface area contributed by atoms with Gasteiger partial charge in [-0.15, -0.1) is 12.4 Å². The van der Waals surface area contributed by atoms with Crippen molar-refractivity contribution in [2.24, 2.45) is 5.92 Å². The summed E-state index contributed by atoms with van der Waals surface area (Å²) in [4.78, 5) is 45.3. The second-order valence-corrected chi connectivity index (χ2v) is 9.17. The molecule has 3 rings (SSSR count). The average molecular weight is 502 g/mol. The van der Waals surface area contributed by atoms with Crippen molar-refractivity contribution >= 4 is 35.9 Å². The van der Waals surface area contributed by atoms with Crippen molar-refractivity contribution in [3.8, 4) is 0 Å². The van der Waals surface area contributed by atoms with Crippen LogP contribution in [0, 0.1) is 5.92 Å². The molecule has 0 saturated carbocycles. The summed E-state index contributed by atoms with van der Waals surface area (Å²) >= 11 is 0. The number of carbonyl (C=O) groups is 3. The Morgan fingerprint density at radius 1 is 1.03 bits per heavy atom. The molecule has 35 heavy (non-hydrogen) atoms. The fraction of sp³-hybridized carbons (Fsp3) is 0.462. The zero-order valence-electron chi connectivity index (χ0n) is 20.9. The second-order valence-electron chi connectivity index (χ2n) is 9.17. The van der Waals surface area contributed by atoms with Crippen LogP contribution in [0.25, 0.3) is 0 Å². The molecule has 1 aliphatic heterocycles. The molecular formula is C26H36ClN5O3. The van der Waals surface area contributed by atoms with Gasteiger partial charge in [0, 0.05) is 12.7 Å². The lowest BCUT2D eigenvalue weighted by molar-refractivity contribution is -0.129. The Labute approximate surface area is 213 Å². The number of hydrogen-bond acceptors (Lipinski definition) is 5. The van der Waals surface area contributed by atoms with Gasteiger partial charge in [-0.3, -0.25) is 19.3 Å². The van der Waals surface area contributed by atoms with Gasteiger partial charge in [-0.2, -0.15) is 0 Å². The number of anilines is 1. The molecule has 0 bridgehead atoms. The first-order valence-corrected chi connectivity index (χ1v) is 11.8. The molecule has 2 aromatic rings. The molecule has 3 N–H and O–H groups in total. The third-order valence-corrected chi connectivity index (χ3v) is 6.42. The van der Waals surface area contributed by atoms with Crippen molar-refractivity contribution in [2.75, 3.05) is 18.5 Å². The van der Waals surface area contributed by atoms with Gasteiger partial charge in [-0.05, 0) is 50.4 Å². The van der Waals surface area contributed by atoms with Crippen LogP contribution in [0.15, 0.2) is 48.7 Å². The number of nitrogens with zero attached hydrogens (tertiary/aromatic N) is 2. The van der Waals surface area contributed by atoms with E-state index in [4.69, 9.17) is 0 Å². The predicted octanol–water partition coefficient (Wildman–Crippen LogP) is 2.43. The third kappa shape index (κ3) is 6.58. The number of pyridine rings is 1. The number of nitrogens with one attached hydrogen (secondary N) is 3. The van der Waals surface area contributed by atoms with Gasteiger partial charge in [-0.1, -0.05) is 50.2 Å². The quantitative estimate of drug-likeness (QED) is 0.489. The van der Waals surface area contributed by atoms with Crippen molar-refractivity contribution in [3.05, 3.63) is 59.8 Å². The van der Waals surface area contributed by atoms with Crippen LogP contribution in [0.2, 0.25) is 0 Å². The fourth-order valence-corrected chi connectivity index (χ4v) is 4.11. The summed E-state index contributed by atoms with van der Waals surface area (Å²) in [6.07, 6.45) is 2.24. The van der Waals surface area contributed by atoms with Crippen LogP contribution in [0.5, 0.6) is 0 Å². The number of hydrogen-bond donors (Lipinski definition) is 3. The largest absolute Gasteiger partial charge is 0.353 e. The zero-order valence-corrected chi connectivity index (χ0v) is 21.8. The number of carbonyl (C=O) groups excluding carboxylic acids is 3. The maximum Gasteiger partial charge on any atom is 0.251 e. The van der Waals surface area contributed by atoms with Crippen molar-refractivity contribution in [3.63, 3.8) is 0 Å². The minimum atomic E-state index is -0.710. The van der Waals surface area contributed by atoms with Gasteiger partial charge in [0.2, 0.25) is 11.8 Å². The SMILES string of the molecule is CN[C@@H](C)C(=O)NC(C(=O)N1c2ncccc2C[C@H]1CNC(=O)[C@@H](C)c1ccccc1)C(C)C.Cl. The maximum atomic E-state index is 13.7. The van der Waals surface area contributed by atoms with Gasteiger partial charge >= 0.3 is 0 Å². The second kappa shape index (κ2) is 12.7. The van der Waals surface area contributed by atoms with E-state index in [1.807, 2.05) is 63.2 Å². The molecule has 1 aromatic heterocycles.